The molecule has 0 spiro atoms. The van der Waals surface area contributed by atoms with E-state index in [0.29, 0.717) is 5.69 Å². The topological polar surface area (TPSA) is 148 Å². The third-order valence-electron chi connectivity index (χ3n) is 2.26. The summed E-state index contributed by atoms with van der Waals surface area (Å²) >= 11 is 0. The van der Waals surface area contributed by atoms with E-state index in [9.17, 15) is 14.9 Å². The van der Waals surface area contributed by atoms with Crippen molar-refractivity contribution < 1.29 is 14.8 Å². The zero-order chi connectivity index (χ0) is 14.9. The molecule has 0 atom stereocenters. The molecule has 10 nitrogen and oxygen atoms in total. The van der Waals surface area contributed by atoms with Gasteiger partial charge in [0.2, 0.25) is 5.69 Å². The van der Waals surface area contributed by atoms with Crippen LogP contribution in [0.1, 0.15) is 21.9 Å². The summed E-state index contributed by atoms with van der Waals surface area (Å²) < 4.78 is 0.857. The van der Waals surface area contributed by atoms with E-state index in [2.05, 4.69) is 15.1 Å². The molecule has 0 aliphatic heterocycles. The van der Waals surface area contributed by atoms with Crippen molar-refractivity contribution in [1.82, 2.24) is 19.7 Å². The molecule has 0 aliphatic rings. The second-order valence-electron chi connectivity index (χ2n) is 3.68. The van der Waals surface area contributed by atoms with Crippen molar-refractivity contribution in [2.24, 2.45) is 0 Å². The largest absolute Gasteiger partial charge is 0.476 e. The highest BCUT2D eigenvalue weighted by Gasteiger charge is 2.26. The number of aromatic nitrogens is 4. The monoisotopic (exact) mass is 274 g/mol. The molecule has 100 valence electrons. The zero-order valence-electron chi connectivity index (χ0n) is 10.0. The number of aryl methyl sites for hydroxylation is 1. The highest BCUT2D eigenvalue weighted by atomic mass is 16.6. The van der Waals surface area contributed by atoms with E-state index in [0.717, 1.165) is 10.9 Å². The fraction of sp³-hybridized carbons (Fsp3) is 0.100. The molecular formula is C10H6N6O4. The number of aromatic carboxylic acids is 1. The van der Waals surface area contributed by atoms with Gasteiger partial charge in [-0.1, -0.05) is 0 Å². The molecule has 20 heavy (non-hydrogen) atoms. The van der Waals surface area contributed by atoms with Crippen molar-refractivity contribution in [3.05, 3.63) is 39.5 Å². The maximum atomic E-state index is 10.9. The fourth-order valence-corrected chi connectivity index (χ4v) is 1.47. The summed E-state index contributed by atoms with van der Waals surface area (Å²) in [4.78, 5) is 28.5. The summed E-state index contributed by atoms with van der Waals surface area (Å²) in [6.45, 7) is 1.60. The maximum Gasteiger partial charge on any atom is 0.363 e. The molecule has 10 heteroatoms. The molecule has 0 aromatic carbocycles. The summed E-state index contributed by atoms with van der Waals surface area (Å²) in [6, 6.07) is 3.22. The summed E-state index contributed by atoms with van der Waals surface area (Å²) in [5, 5.41) is 32.0. The van der Waals surface area contributed by atoms with E-state index in [4.69, 9.17) is 10.4 Å². The molecular weight excluding hydrogens is 268 g/mol. The van der Waals surface area contributed by atoms with Crippen LogP contribution >= 0.6 is 0 Å². The number of rotatable bonds is 3. The number of carboxylic acid groups (broad SMARTS) is 1. The van der Waals surface area contributed by atoms with E-state index >= 15 is 0 Å². The van der Waals surface area contributed by atoms with Gasteiger partial charge in [0.05, 0.1) is 4.92 Å². The lowest BCUT2D eigenvalue weighted by Gasteiger charge is -2.00. The Labute approximate surface area is 111 Å². The molecule has 0 aliphatic carbocycles. The summed E-state index contributed by atoms with van der Waals surface area (Å²) in [5.74, 6) is -1.65. The van der Waals surface area contributed by atoms with Crippen molar-refractivity contribution in [3.63, 3.8) is 0 Å². The van der Waals surface area contributed by atoms with Crippen LogP contribution in [0.5, 0.6) is 0 Å². The average molecular weight is 274 g/mol. The molecule has 0 unspecified atom stereocenters. The van der Waals surface area contributed by atoms with Crippen LogP contribution in [0.25, 0.3) is 5.95 Å². The van der Waals surface area contributed by atoms with Gasteiger partial charge in [0.15, 0.2) is 0 Å². The van der Waals surface area contributed by atoms with Crippen molar-refractivity contribution in [2.75, 3.05) is 0 Å². The van der Waals surface area contributed by atoms with Crippen LogP contribution in [-0.2, 0) is 0 Å². The first-order chi connectivity index (χ1) is 9.42. The minimum absolute atomic E-state index is 0.0440. The lowest BCUT2D eigenvalue weighted by molar-refractivity contribution is -0.385. The average Bonchev–Trinajstić information content (AvgIpc) is 2.83. The van der Waals surface area contributed by atoms with E-state index in [1.165, 1.54) is 6.07 Å². The van der Waals surface area contributed by atoms with Gasteiger partial charge in [-0.15, -0.1) is 0 Å². The SMILES string of the molecule is Cc1cc(C#N)nc(-n2cc([N+](=O)[O-])c(C(=O)O)n2)n1. The van der Waals surface area contributed by atoms with Crippen LogP contribution in [0.15, 0.2) is 12.3 Å². The molecule has 2 aromatic heterocycles. The Morgan fingerprint density at radius 2 is 2.25 bits per heavy atom. The van der Waals surface area contributed by atoms with Gasteiger partial charge in [-0.3, -0.25) is 10.1 Å². The predicted molar refractivity (Wildman–Crippen MR) is 62.2 cm³/mol. The van der Waals surface area contributed by atoms with E-state index in [1.807, 2.05) is 0 Å². The van der Waals surface area contributed by atoms with E-state index in [1.54, 1.807) is 13.0 Å². The Morgan fingerprint density at radius 1 is 1.55 bits per heavy atom. The second-order valence-corrected chi connectivity index (χ2v) is 3.68. The van der Waals surface area contributed by atoms with Crippen molar-refractivity contribution >= 4 is 11.7 Å². The minimum atomic E-state index is -1.54. The third-order valence-corrected chi connectivity index (χ3v) is 2.26. The van der Waals surface area contributed by atoms with Gasteiger partial charge in [-0.05, 0) is 13.0 Å². The Morgan fingerprint density at radius 3 is 2.75 bits per heavy atom. The maximum absolute atomic E-state index is 10.9. The van der Waals surface area contributed by atoms with E-state index in [-0.39, 0.29) is 11.6 Å². The first-order valence-corrected chi connectivity index (χ1v) is 5.16. The molecule has 0 fully saturated rings. The highest BCUT2D eigenvalue weighted by Crippen LogP contribution is 2.18. The number of carbonyl (C=O) groups is 1. The first-order valence-electron chi connectivity index (χ1n) is 5.16. The molecule has 0 amide bonds. The molecule has 0 saturated heterocycles. The predicted octanol–water partition coefficient (Wildman–Crippen LogP) is 0.449. The van der Waals surface area contributed by atoms with Gasteiger partial charge in [0, 0.05) is 5.69 Å². The van der Waals surface area contributed by atoms with Crippen molar-refractivity contribution in [2.45, 2.75) is 6.92 Å². The molecule has 2 heterocycles. The molecule has 0 radical (unpaired) electrons. The van der Waals surface area contributed by atoms with Crippen LogP contribution in [-0.4, -0.2) is 35.7 Å². The lowest BCUT2D eigenvalue weighted by atomic mass is 10.3. The smallest absolute Gasteiger partial charge is 0.363 e. The molecule has 2 aromatic rings. The number of hydrogen-bond donors (Lipinski definition) is 1. The summed E-state index contributed by atoms with van der Waals surface area (Å²) in [5.41, 5.74) is -0.913. The standard InChI is InChI=1S/C10H6N6O4/c1-5-2-6(3-11)13-10(12-5)15-4-7(16(19)20)8(14-15)9(17)18/h2,4H,1H3,(H,17,18). The van der Waals surface area contributed by atoms with E-state index < -0.39 is 22.3 Å². The first kappa shape index (κ1) is 13.1. The fourth-order valence-electron chi connectivity index (χ4n) is 1.47. The Bertz CT molecular complexity index is 728. The second kappa shape index (κ2) is 4.73. The normalized spacial score (nSPS) is 10.0. The summed E-state index contributed by atoms with van der Waals surface area (Å²) in [6.07, 6.45) is 0.888. The highest BCUT2D eigenvalue weighted by molar-refractivity contribution is 5.89. The Hall–Kier alpha value is -3.35. The van der Waals surface area contributed by atoms with Gasteiger partial charge in [0.25, 0.3) is 5.95 Å². The van der Waals surface area contributed by atoms with Crippen molar-refractivity contribution in [1.29, 1.82) is 5.26 Å². The number of nitriles is 1. The summed E-state index contributed by atoms with van der Waals surface area (Å²) in [7, 11) is 0. The Kier molecular flexibility index (Phi) is 3.10. The van der Waals surface area contributed by atoms with Crippen LogP contribution in [0.3, 0.4) is 0 Å². The van der Waals surface area contributed by atoms with Gasteiger partial charge < -0.3 is 5.11 Å². The van der Waals surface area contributed by atoms with Gasteiger partial charge in [0.1, 0.15) is 18.0 Å². The van der Waals surface area contributed by atoms with Crippen LogP contribution in [0, 0.1) is 28.4 Å². The quantitative estimate of drug-likeness (QED) is 0.626. The molecule has 1 N–H and O–H groups in total. The molecule has 2 rings (SSSR count). The molecule has 0 bridgehead atoms. The van der Waals surface area contributed by atoms with Crippen LogP contribution in [0.2, 0.25) is 0 Å². The van der Waals surface area contributed by atoms with Gasteiger partial charge in [-0.2, -0.15) is 15.0 Å². The van der Waals surface area contributed by atoms with Crippen molar-refractivity contribution in [3.8, 4) is 12.0 Å². The number of nitro groups is 1. The lowest BCUT2D eigenvalue weighted by Crippen LogP contribution is -2.06. The van der Waals surface area contributed by atoms with Gasteiger partial charge >= 0.3 is 11.7 Å². The zero-order valence-corrected chi connectivity index (χ0v) is 10.0. The Balaban J connectivity index is 2.62. The van der Waals surface area contributed by atoms with Crippen LogP contribution in [0.4, 0.5) is 5.69 Å². The number of nitrogens with zero attached hydrogens (tertiary/aromatic N) is 6. The van der Waals surface area contributed by atoms with Gasteiger partial charge in [-0.25, -0.2) is 14.8 Å². The minimum Gasteiger partial charge on any atom is -0.476 e. The molecule has 0 saturated carbocycles. The van der Waals surface area contributed by atoms with Crippen LogP contribution < -0.4 is 0 Å². The number of carboxylic acids is 1. The third kappa shape index (κ3) is 2.27. The number of hydrogen-bond acceptors (Lipinski definition) is 7.